The van der Waals surface area contributed by atoms with Gasteiger partial charge in [0.25, 0.3) is 0 Å². The average molecular weight is 327 g/mol. The zero-order valence-corrected chi connectivity index (χ0v) is 14.2. The van der Waals surface area contributed by atoms with E-state index in [0.717, 1.165) is 25.1 Å². The lowest BCUT2D eigenvalue weighted by molar-refractivity contribution is -0.117. The van der Waals surface area contributed by atoms with E-state index in [1.54, 1.807) is 6.07 Å². The number of aromatic hydroxyl groups is 1. The van der Waals surface area contributed by atoms with Gasteiger partial charge >= 0.3 is 0 Å². The van der Waals surface area contributed by atoms with Gasteiger partial charge in [0.1, 0.15) is 5.75 Å². The maximum absolute atomic E-state index is 12.2. The van der Waals surface area contributed by atoms with Crippen molar-refractivity contribution < 1.29 is 9.90 Å². The fourth-order valence-corrected chi connectivity index (χ4v) is 2.93. The van der Waals surface area contributed by atoms with Crippen LogP contribution < -0.4 is 10.6 Å². The highest BCUT2D eigenvalue weighted by atomic mass is 35.5. The third-order valence-electron chi connectivity index (χ3n) is 4.39. The van der Waals surface area contributed by atoms with Gasteiger partial charge in [0.05, 0.1) is 5.69 Å². The van der Waals surface area contributed by atoms with E-state index in [4.69, 9.17) is 0 Å². The summed E-state index contributed by atoms with van der Waals surface area (Å²) in [5.41, 5.74) is 1.63. The van der Waals surface area contributed by atoms with E-state index in [0.29, 0.717) is 23.9 Å². The molecule has 2 unspecified atom stereocenters. The van der Waals surface area contributed by atoms with Crippen LogP contribution in [0.4, 0.5) is 5.69 Å². The quantitative estimate of drug-likeness (QED) is 0.727. The second-order valence-electron chi connectivity index (χ2n) is 6.04. The summed E-state index contributed by atoms with van der Waals surface area (Å²) in [6, 6.07) is 5.37. The first-order valence-electron chi connectivity index (χ1n) is 7.92. The molecule has 22 heavy (non-hydrogen) atoms. The Bertz CT molecular complexity index is 488. The van der Waals surface area contributed by atoms with Crippen molar-refractivity contribution in [2.45, 2.75) is 39.5 Å². The molecule has 2 atom stereocenters. The van der Waals surface area contributed by atoms with E-state index in [1.165, 1.54) is 12.8 Å². The number of phenols is 1. The molecule has 1 aliphatic rings. The molecule has 0 saturated carbocycles. The van der Waals surface area contributed by atoms with Gasteiger partial charge in [0.2, 0.25) is 5.91 Å². The summed E-state index contributed by atoms with van der Waals surface area (Å²) >= 11 is 0. The largest absolute Gasteiger partial charge is 0.506 e. The molecule has 0 radical (unpaired) electrons. The Morgan fingerprint density at radius 1 is 1.50 bits per heavy atom. The van der Waals surface area contributed by atoms with Gasteiger partial charge < -0.3 is 15.7 Å². The highest BCUT2D eigenvalue weighted by molar-refractivity contribution is 5.92. The number of aryl methyl sites for hydroxylation is 1. The van der Waals surface area contributed by atoms with E-state index in [-0.39, 0.29) is 24.1 Å². The number of benzene rings is 1. The Kier molecular flexibility index (Phi) is 7.69. The van der Waals surface area contributed by atoms with Crippen LogP contribution in [0.2, 0.25) is 0 Å². The van der Waals surface area contributed by atoms with Crippen LogP contribution in [0.1, 0.15) is 38.7 Å². The van der Waals surface area contributed by atoms with E-state index < -0.39 is 0 Å². The third kappa shape index (κ3) is 5.18. The molecule has 1 heterocycles. The molecular weight excluding hydrogens is 300 g/mol. The molecule has 1 saturated heterocycles. The molecule has 3 N–H and O–H groups in total. The number of carbonyl (C=O) groups excluding carboxylic acids is 1. The first kappa shape index (κ1) is 18.8. The predicted octanol–water partition coefficient (Wildman–Crippen LogP) is 3.34. The van der Waals surface area contributed by atoms with Crippen LogP contribution in [-0.2, 0) is 11.2 Å². The minimum Gasteiger partial charge on any atom is -0.506 e. The Morgan fingerprint density at radius 2 is 2.27 bits per heavy atom. The lowest BCUT2D eigenvalue weighted by Gasteiger charge is -2.28. The van der Waals surface area contributed by atoms with Gasteiger partial charge in [-0.05, 0) is 61.9 Å². The van der Waals surface area contributed by atoms with Crippen molar-refractivity contribution in [3.8, 4) is 5.75 Å². The topological polar surface area (TPSA) is 61.4 Å². The molecule has 0 spiro atoms. The van der Waals surface area contributed by atoms with E-state index >= 15 is 0 Å². The van der Waals surface area contributed by atoms with Gasteiger partial charge in [-0.2, -0.15) is 0 Å². The molecule has 1 amide bonds. The van der Waals surface area contributed by atoms with E-state index in [9.17, 15) is 9.90 Å². The Morgan fingerprint density at radius 3 is 2.91 bits per heavy atom. The smallest absolute Gasteiger partial charge is 0.224 e. The number of anilines is 1. The van der Waals surface area contributed by atoms with Crippen molar-refractivity contribution >= 4 is 24.0 Å². The molecule has 5 heteroatoms. The molecule has 1 aromatic carbocycles. The van der Waals surface area contributed by atoms with Gasteiger partial charge in [0.15, 0.2) is 0 Å². The summed E-state index contributed by atoms with van der Waals surface area (Å²) < 4.78 is 0. The normalized spacial score (nSPS) is 19.1. The van der Waals surface area contributed by atoms with Crippen molar-refractivity contribution in [2.24, 2.45) is 11.8 Å². The Labute approximate surface area is 139 Å². The number of halogens is 1. The van der Waals surface area contributed by atoms with Crippen molar-refractivity contribution in [1.82, 2.24) is 5.32 Å². The van der Waals surface area contributed by atoms with Crippen LogP contribution in [0.25, 0.3) is 0 Å². The Balaban J connectivity index is 0.00000242. The van der Waals surface area contributed by atoms with Crippen molar-refractivity contribution in [1.29, 1.82) is 0 Å². The molecular formula is C17H27ClN2O2. The van der Waals surface area contributed by atoms with Gasteiger partial charge in [-0.1, -0.05) is 19.9 Å². The molecule has 0 bridgehead atoms. The molecule has 0 aliphatic carbocycles. The maximum atomic E-state index is 12.2. The zero-order valence-electron chi connectivity index (χ0n) is 13.4. The second-order valence-corrected chi connectivity index (χ2v) is 6.04. The van der Waals surface area contributed by atoms with Crippen LogP contribution in [0.5, 0.6) is 5.75 Å². The summed E-state index contributed by atoms with van der Waals surface area (Å²) in [5.74, 6) is 1.04. The lowest BCUT2D eigenvalue weighted by atomic mass is 9.85. The second kappa shape index (κ2) is 9.01. The van der Waals surface area contributed by atoms with E-state index in [1.807, 2.05) is 12.1 Å². The van der Waals surface area contributed by atoms with Gasteiger partial charge in [0, 0.05) is 6.42 Å². The number of carbonyl (C=O) groups is 1. The standard InChI is InChI=1S/C17H26N2O2.ClH/c1-3-13-6-7-16(20)15(10-13)19-17(21)9-12(2)14-5-4-8-18-11-14;/h6-7,10,12,14,18,20H,3-5,8-9,11H2,1-2H3,(H,19,21);1H. The van der Waals surface area contributed by atoms with Gasteiger partial charge in [-0.3, -0.25) is 4.79 Å². The molecule has 124 valence electrons. The Hall–Kier alpha value is -1.26. The third-order valence-corrected chi connectivity index (χ3v) is 4.39. The summed E-state index contributed by atoms with van der Waals surface area (Å²) in [6.45, 7) is 6.29. The highest BCUT2D eigenvalue weighted by Crippen LogP contribution is 2.26. The highest BCUT2D eigenvalue weighted by Gasteiger charge is 2.22. The molecule has 1 aliphatic heterocycles. The van der Waals surface area contributed by atoms with Crippen molar-refractivity contribution in [3.05, 3.63) is 23.8 Å². The SMILES string of the molecule is CCc1ccc(O)c(NC(=O)CC(C)C2CCCNC2)c1.Cl. The number of nitrogens with one attached hydrogen (secondary N) is 2. The number of piperidine rings is 1. The van der Waals surface area contributed by atoms with Crippen molar-refractivity contribution in [3.63, 3.8) is 0 Å². The molecule has 0 aromatic heterocycles. The first-order valence-corrected chi connectivity index (χ1v) is 7.92. The molecule has 1 aromatic rings. The first-order chi connectivity index (χ1) is 10.1. The minimum absolute atomic E-state index is 0. The number of hydrogen-bond donors (Lipinski definition) is 3. The van der Waals surface area contributed by atoms with E-state index in [2.05, 4.69) is 24.5 Å². The van der Waals surface area contributed by atoms with Crippen LogP contribution in [0.3, 0.4) is 0 Å². The summed E-state index contributed by atoms with van der Waals surface area (Å²) in [7, 11) is 0. The number of amides is 1. The summed E-state index contributed by atoms with van der Waals surface area (Å²) in [5, 5.41) is 16.1. The molecule has 1 fully saturated rings. The van der Waals surface area contributed by atoms with Crippen molar-refractivity contribution in [2.75, 3.05) is 18.4 Å². The maximum Gasteiger partial charge on any atom is 0.224 e. The number of phenolic OH excluding ortho intramolecular Hbond substituents is 1. The molecule has 4 nitrogen and oxygen atoms in total. The fourth-order valence-electron chi connectivity index (χ4n) is 2.93. The molecule has 2 rings (SSSR count). The zero-order chi connectivity index (χ0) is 15.2. The summed E-state index contributed by atoms with van der Waals surface area (Å²) in [6.07, 6.45) is 3.77. The van der Waals surface area contributed by atoms with Gasteiger partial charge in [-0.15, -0.1) is 12.4 Å². The van der Waals surface area contributed by atoms with Crippen LogP contribution in [-0.4, -0.2) is 24.1 Å². The fraction of sp³-hybridized carbons (Fsp3) is 0.588. The summed E-state index contributed by atoms with van der Waals surface area (Å²) in [4.78, 5) is 12.2. The number of hydrogen-bond acceptors (Lipinski definition) is 3. The van der Waals surface area contributed by atoms with Crippen LogP contribution in [0.15, 0.2) is 18.2 Å². The lowest BCUT2D eigenvalue weighted by Crippen LogP contribution is -2.34. The predicted molar refractivity (Wildman–Crippen MR) is 92.7 cm³/mol. The monoisotopic (exact) mass is 326 g/mol. The van der Waals surface area contributed by atoms with Gasteiger partial charge in [-0.25, -0.2) is 0 Å². The minimum atomic E-state index is -0.0170. The van der Waals surface area contributed by atoms with Crippen LogP contribution >= 0.6 is 12.4 Å². The number of rotatable bonds is 5. The average Bonchev–Trinajstić information content (AvgIpc) is 2.50. The van der Waals surface area contributed by atoms with Crippen LogP contribution in [0, 0.1) is 11.8 Å².